The molecule has 7 nitrogen and oxygen atoms in total. The summed E-state index contributed by atoms with van der Waals surface area (Å²) >= 11 is 0. The number of hydrogen-bond acceptors (Lipinski definition) is 5. The molecule has 4 rings (SSSR count). The summed E-state index contributed by atoms with van der Waals surface area (Å²) in [6.45, 7) is 1.24. The summed E-state index contributed by atoms with van der Waals surface area (Å²) in [5.41, 5.74) is 1.60. The molecule has 1 fully saturated rings. The second kappa shape index (κ2) is 11.1. The van der Waals surface area contributed by atoms with E-state index in [-0.39, 0.29) is 18.6 Å². The Bertz CT molecular complexity index is 1020. The fourth-order valence-electron chi connectivity index (χ4n) is 3.80. The zero-order chi connectivity index (χ0) is 22.9. The van der Waals surface area contributed by atoms with Crippen molar-refractivity contribution in [3.05, 3.63) is 96.3 Å². The largest absolute Gasteiger partial charge is 0.489 e. The third-order valence-corrected chi connectivity index (χ3v) is 5.55. The molecule has 0 saturated carbocycles. The molecule has 1 saturated heterocycles. The van der Waals surface area contributed by atoms with Crippen LogP contribution in [0.1, 0.15) is 30.0 Å². The lowest BCUT2D eigenvalue weighted by Crippen LogP contribution is -2.47. The Kier molecular flexibility index (Phi) is 7.53. The van der Waals surface area contributed by atoms with Gasteiger partial charge in [0.15, 0.2) is 0 Å². The summed E-state index contributed by atoms with van der Waals surface area (Å²) in [6, 6.07) is 21.6. The molecular weight excluding hydrogens is 418 g/mol. The SMILES string of the molecule is O=C(N[C@@H](C(=O)N1CCC(Oc2cccnc2)CC1)c1ccccc1)OCc1ccccc1. The molecule has 1 aromatic heterocycles. The third-order valence-electron chi connectivity index (χ3n) is 5.55. The maximum Gasteiger partial charge on any atom is 0.408 e. The first kappa shape index (κ1) is 22.3. The number of carbonyl (C=O) groups is 2. The normalized spacial score (nSPS) is 14.8. The van der Waals surface area contributed by atoms with Crippen molar-refractivity contribution in [3.63, 3.8) is 0 Å². The van der Waals surface area contributed by atoms with E-state index in [1.807, 2.05) is 72.8 Å². The molecule has 0 unspecified atom stereocenters. The number of likely N-dealkylation sites (tertiary alicyclic amines) is 1. The van der Waals surface area contributed by atoms with Gasteiger partial charge in [-0.05, 0) is 23.3 Å². The van der Waals surface area contributed by atoms with E-state index in [4.69, 9.17) is 9.47 Å². The number of ether oxygens (including phenoxy) is 2. The van der Waals surface area contributed by atoms with Gasteiger partial charge >= 0.3 is 6.09 Å². The van der Waals surface area contributed by atoms with E-state index < -0.39 is 12.1 Å². The lowest BCUT2D eigenvalue weighted by Gasteiger charge is -2.34. The second-order valence-electron chi connectivity index (χ2n) is 7.88. The average molecular weight is 446 g/mol. The molecule has 0 radical (unpaired) electrons. The van der Waals surface area contributed by atoms with E-state index in [2.05, 4.69) is 10.3 Å². The maximum absolute atomic E-state index is 13.4. The van der Waals surface area contributed by atoms with Crippen molar-refractivity contribution < 1.29 is 19.1 Å². The number of hydrogen-bond donors (Lipinski definition) is 1. The van der Waals surface area contributed by atoms with E-state index in [0.717, 1.165) is 11.3 Å². The van der Waals surface area contributed by atoms with Gasteiger partial charge in [0.05, 0.1) is 6.20 Å². The van der Waals surface area contributed by atoms with Gasteiger partial charge in [0, 0.05) is 32.1 Å². The number of nitrogens with zero attached hydrogens (tertiary/aromatic N) is 2. The van der Waals surface area contributed by atoms with Crippen LogP contribution in [0.15, 0.2) is 85.2 Å². The Morgan fingerprint density at radius 2 is 1.67 bits per heavy atom. The summed E-state index contributed by atoms with van der Waals surface area (Å²) in [5, 5.41) is 2.76. The molecule has 0 spiro atoms. The van der Waals surface area contributed by atoms with Crippen LogP contribution in [0, 0.1) is 0 Å². The first-order valence-corrected chi connectivity index (χ1v) is 11.1. The molecule has 1 aliphatic rings. The van der Waals surface area contributed by atoms with Gasteiger partial charge in [-0.25, -0.2) is 4.79 Å². The predicted octanol–water partition coefficient (Wildman–Crippen LogP) is 4.12. The van der Waals surface area contributed by atoms with Gasteiger partial charge in [0.1, 0.15) is 24.5 Å². The molecule has 0 bridgehead atoms. The highest BCUT2D eigenvalue weighted by Gasteiger charge is 2.31. The van der Waals surface area contributed by atoms with Crippen LogP contribution < -0.4 is 10.1 Å². The Labute approximate surface area is 193 Å². The van der Waals surface area contributed by atoms with Crippen molar-refractivity contribution >= 4 is 12.0 Å². The summed E-state index contributed by atoms with van der Waals surface area (Å²) in [7, 11) is 0. The highest BCUT2D eigenvalue weighted by molar-refractivity contribution is 5.87. The molecule has 33 heavy (non-hydrogen) atoms. The fourth-order valence-corrected chi connectivity index (χ4v) is 3.80. The summed E-state index contributed by atoms with van der Waals surface area (Å²) in [5.74, 6) is 0.574. The molecule has 1 atom stereocenters. The molecule has 0 aliphatic carbocycles. The number of alkyl carbamates (subject to hydrolysis) is 1. The Morgan fingerprint density at radius 3 is 2.33 bits per heavy atom. The number of amides is 2. The second-order valence-corrected chi connectivity index (χ2v) is 7.88. The topological polar surface area (TPSA) is 80.8 Å². The molecule has 2 aromatic carbocycles. The standard InChI is InChI=1S/C26H27N3O4/c30-25(29-16-13-22(14-17-29)33-23-12-7-15-27-18-23)24(21-10-5-2-6-11-21)28-26(31)32-19-20-8-3-1-4-9-20/h1-12,15,18,22,24H,13-14,16-17,19H2,(H,28,31)/t24-/m1/s1. The monoisotopic (exact) mass is 445 g/mol. The number of benzene rings is 2. The van der Waals surface area contributed by atoms with Crippen LogP contribution in [0.2, 0.25) is 0 Å². The van der Waals surface area contributed by atoms with Gasteiger partial charge in [0.2, 0.25) is 5.91 Å². The quantitative estimate of drug-likeness (QED) is 0.592. The molecule has 1 N–H and O–H groups in total. The molecule has 3 aromatic rings. The summed E-state index contributed by atoms with van der Waals surface area (Å²) < 4.78 is 11.3. The summed E-state index contributed by atoms with van der Waals surface area (Å²) in [4.78, 5) is 31.7. The van der Waals surface area contributed by atoms with Gasteiger partial charge in [-0.15, -0.1) is 0 Å². The zero-order valence-electron chi connectivity index (χ0n) is 18.3. The van der Waals surface area contributed by atoms with Gasteiger partial charge < -0.3 is 19.7 Å². The van der Waals surface area contributed by atoms with Crippen molar-refractivity contribution in [3.8, 4) is 5.75 Å². The summed E-state index contributed by atoms with van der Waals surface area (Å²) in [6.07, 6.45) is 4.21. The highest BCUT2D eigenvalue weighted by Crippen LogP contribution is 2.22. The number of aromatic nitrogens is 1. The van der Waals surface area contributed by atoms with Crippen molar-refractivity contribution in [2.45, 2.75) is 31.6 Å². The Hall–Kier alpha value is -3.87. The molecular formula is C26H27N3O4. The van der Waals surface area contributed by atoms with Crippen LogP contribution in [-0.2, 0) is 16.1 Å². The van der Waals surface area contributed by atoms with Gasteiger partial charge in [-0.2, -0.15) is 0 Å². The van der Waals surface area contributed by atoms with E-state index in [1.54, 1.807) is 17.3 Å². The van der Waals surface area contributed by atoms with Gasteiger partial charge in [0.25, 0.3) is 0 Å². The van der Waals surface area contributed by atoms with Crippen LogP contribution in [0.25, 0.3) is 0 Å². The first-order valence-electron chi connectivity index (χ1n) is 11.1. The van der Waals surface area contributed by atoms with Crippen molar-refractivity contribution in [2.75, 3.05) is 13.1 Å². The van der Waals surface area contributed by atoms with Crippen molar-refractivity contribution in [1.82, 2.24) is 15.2 Å². The number of nitrogens with one attached hydrogen (secondary N) is 1. The van der Waals surface area contributed by atoms with Gasteiger partial charge in [-0.3, -0.25) is 9.78 Å². The van der Waals surface area contributed by atoms with Crippen LogP contribution in [-0.4, -0.2) is 41.1 Å². The number of piperidine rings is 1. The van der Waals surface area contributed by atoms with E-state index in [9.17, 15) is 9.59 Å². The van der Waals surface area contributed by atoms with E-state index in [1.165, 1.54) is 0 Å². The fraction of sp³-hybridized carbons (Fsp3) is 0.269. The lowest BCUT2D eigenvalue weighted by molar-refractivity contribution is -0.135. The highest BCUT2D eigenvalue weighted by atomic mass is 16.5. The minimum atomic E-state index is -0.815. The third kappa shape index (κ3) is 6.32. The number of carbonyl (C=O) groups excluding carboxylic acids is 2. The molecule has 7 heteroatoms. The van der Waals surface area contributed by atoms with Crippen LogP contribution in [0.4, 0.5) is 4.79 Å². The van der Waals surface area contributed by atoms with Crippen molar-refractivity contribution in [1.29, 1.82) is 0 Å². The minimum Gasteiger partial charge on any atom is -0.489 e. The van der Waals surface area contributed by atoms with Crippen molar-refractivity contribution in [2.24, 2.45) is 0 Å². The van der Waals surface area contributed by atoms with Gasteiger partial charge in [-0.1, -0.05) is 60.7 Å². The lowest BCUT2D eigenvalue weighted by atomic mass is 10.0. The Morgan fingerprint density at radius 1 is 0.970 bits per heavy atom. The van der Waals surface area contributed by atoms with Crippen LogP contribution >= 0.6 is 0 Å². The van der Waals surface area contributed by atoms with Crippen LogP contribution in [0.5, 0.6) is 5.75 Å². The number of pyridine rings is 1. The van der Waals surface area contributed by atoms with E-state index in [0.29, 0.717) is 31.5 Å². The average Bonchev–Trinajstić information content (AvgIpc) is 2.88. The van der Waals surface area contributed by atoms with Crippen LogP contribution in [0.3, 0.4) is 0 Å². The first-order chi connectivity index (χ1) is 16.2. The smallest absolute Gasteiger partial charge is 0.408 e. The molecule has 1 aliphatic heterocycles. The Balaban J connectivity index is 1.36. The minimum absolute atomic E-state index is 0.0252. The van der Waals surface area contributed by atoms with E-state index >= 15 is 0 Å². The maximum atomic E-state index is 13.4. The molecule has 2 heterocycles. The zero-order valence-corrected chi connectivity index (χ0v) is 18.3. The predicted molar refractivity (Wildman–Crippen MR) is 123 cm³/mol. The number of rotatable bonds is 7. The molecule has 2 amide bonds. The molecule has 170 valence electrons.